The fourth-order valence-corrected chi connectivity index (χ4v) is 0.695. The summed E-state index contributed by atoms with van der Waals surface area (Å²) in [5, 5.41) is 30.9. The van der Waals surface area contributed by atoms with Gasteiger partial charge in [0.25, 0.3) is 0 Å². The predicted molar refractivity (Wildman–Crippen MR) is 36.8 cm³/mol. The van der Waals surface area contributed by atoms with Crippen molar-refractivity contribution in [1.29, 1.82) is 0 Å². The van der Waals surface area contributed by atoms with E-state index in [4.69, 9.17) is 10.3 Å². The highest BCUT2D eigenvalue weighted by Gasteiger charge is 2.15. The highest BCUT2D eigenvalue weighted by molar-refractivity contribution is 4.49. The van der Waals surface area contributed by atoms with Crippen LogP contribution in [0.15, 0.2) is 5.28 Å². The predicted octanol–water partition coefficient (Wildman–Crippen LogP) is -0.0442. The van der Waals surface area contributed by atoms with E-state index in [-0.39, 0.29) is 24.2 Å². The minimum atomic E-state index is -0.146. The molecule has 0 aromatic rings. The molecule has 0 aliphatic rings. The Bertz CT molecular complexity index is 137. The largest absolute Gasteiger partial charge is 0.569 e. The van der Waals surface area contributed by atoms with Crippen LogP contribution in [0.1, 0.15) is 13.8 Å². The molecule has 0 bridgehead atoms. The van der Waals surface area contributed by atoms with E-state index in [0.29, 0.717) is 0 Å². The van der Waals surface area contributed by atoms with Crippen LogP contribution in [0.3, 0.4) is 0 Å². The number of aliphatic hydroxyl groups excluding tert-OH is 1. The third kappa shape index (κ3) is 3.03. The summed E-state index contributed by atoms with van der Waals surface area (Å²) in [7, 11) is 0. The topological polar surface area (TPSA) is 82.1 Å². The summed E-state index contributed by atoms with van der Waals surface area (Å²) in [5.74, 6) is 0. The van der Waals surface area contributed by atoms with Crippen LogP contribution in [-0.4, -0.2) is 39.5 Å². The molecule has 0 aliphatic carbocycles. The van der Waals surface area contributed by atoms with Gasteiger partial charge in [-0.15, -0.1) is 5.01 Å². The van der Waals surface area contributed by atoms with Crippen molar-refractivity contribution in [2.75, 3.05) is 13.2 Å². The lowest BCUT2D eigenvalue weighted by Gasteiger charge is -2.19. The van der Waals surface area contributed by atoms with Crippen LogP contribution in [0.5, 0.6) is 0 Å². The molecule has 0 spiro atoms. The molecule has 0 fully saturated rings. The zero-order chi connectivity index (χ0) is 8.85. The molecule has 0 aliphatic heterocycles. The van der Waals surface area contributed by atoms with E-state index in [1.54, 1.807) is 13.8 Å². The third-order valence-electron chi connectivity index (χ3n) is 1.22. The molecule has 0 saturated carbocycles. The third-order valence-corrected chi connectivity index (χ3v) is 1.22. The number of hydrazine groups is 1. The van der Waals surface area contributed by atoms with E-state index in [1.807, 2.05) is 0 Å². The van der Waals surface area contributed by atoms with Gasteiger partial charge in [0.15, 0.2) is 0 Å². The smallest absolute Gasteiger partial charge is 0.230 e. The Balaban J connectivity index is 4.10. The van der Waals surface area contributed by atoms with Crippen LogP contribution in [0.4, 0.5) is 0 Å². The highest BCUT2D eigenvalue weighted by Crippen LogP contribution is 1.97. The van der Waals surface area contributed by atoms with Crippen LogP contribution < -0.4 is 0 Å². The number of aliphatic hydroxyl groups is 1. The van der Waals surface area contributed by atoms with Crippen molar-refractivity contribution in [3.8, 4) is 0 Å². The first-order valence-corrected chi connectivity index (χ1v) is 3.33. The number of rotatable bonds is 4. The van der Waals surface area contributed by atoms with Gasteiger partial charge in [-0.2, -0.15) is 0 Å². The van der Waals surface area contributed by atoms with Crippen molar-refractivity contribution >= 4 is 0 Å². The van der Waals surface area contributed by atoms with Crippen LogP contribution >= 0.6 is 0 Å². The summed E-state index contributed by atoms with van der Waals surface area (Å²) in [4.78, 5) is 0.0564. The first-order valence-electron chi connectivity index (χ1n) is 3.33. The molecular formula is C5H13N3O3. The SMILES string of the molecule is CC(C)N(CCO)/[N+]([O-])=N\O. The zero-order valence-corrected chi connectivity index (χ0v) is 6.64. The summed E-state index contributed by atoms with van der Waals surface area (Å²) < 4.78 is 0. The quantitative estimate of drug-likeness (QED) is 0.346. The van der Waals surface area contributed by atoms with Crippen molar-refractivity contribution in [3.63, 3.8) is 0 Å². The molecule has 2 N–H and O–H groups in total. The van der Waals surface area contributed by atoms with Crippen molar-refractivity contribution in [1.82, 2.24) is 5.01 Å². The maximum absolute atomic E-state index is 10.7. The molecule has 0 aromatic heterocycles. The maximum atomic E-state index is 10.7. The molecule has 6 nitrogen and oxygen atoms in total. The van der Waals surface area contributed by atoms with E-state index >= 15 is 0 Å². The van der Waals surface area contributed by atoms with Crippen LogP contribution in [0, 0.1) is 5.21 Å². The van der Waals surface area contributed by atoms with Gasteiger partial charge in [0.1, 0.15) is 6.54 Å². The Morgan fingerprint density at radius 2 is 2.18 bits per heavy atom. The number of hydrogen-bond acceptors (Lipinski definition) is 3. The molecule has 0 atom stereocenters. The van der Waals surface area contributed by atoms with Gasteiger partial charge in [0.05, 0.1) is 17.6 Å². The fraction of sp³-hybridized carbons (Fsp3) is 1.00. The lowest BCUT2D eigenvalue weighted by molar-refractivity contribution is -0.716. The van der Waals surface area contributed by atoms with Gasteiger partial charge in [-0.3, -0.25) is 0 Å². The van der Waals surface area contributed by atoms with Crippen LogP contribution in [-0.2, 0) is 0 Å². The van der Waals surface area contributed by atoms with E-state index in [9.17, 15) is 5.21 Å². The molecule has 0 amide bonds. The molecule has 6 heteroatoms. The van der Waals surface area contributed by atoms with Gasteiger partial charge in [-0.25, -0.2) is 0 Å². The second-order valence-corrected chi connectivity index (χ2v) is 2.32. The molecule has 0 heterocycles. The Morgan fingerprint density at radius 1 is 1.64 bits per heavy atom. The summed E-state index contributed by atoms with van der Waals surface area (Å²) in [6.07, 6.45) is 0. The average molecular weight is 163 g/mol. The molecule has 11 heavy (non-hydrogen) atoms. The lowest BCUT2D eigenvalue weighted by atomic mass is 10.4. The Hall–Kier alpha value is -1.04. The van der Waals surface area contributed by atoms with Gasteiger partial charge < -0.3 is 15.5 Å². The van der Waals surface area contributed by atoms with Gasteiger partial charge in [0, 0.05) is 0 Å². The minimum absolute atomic E-state index is 0.0564. The van der Waals surface area contributed by atoms with E-state index in [0.717, 1.165) is 0 Å². The van der Waals surface area contributed by atoms with Crippen molar-refractivity contribution in [2.24, 2.45) is 5.28 Å². The van der Waals surface area contributed by atoms with E-state index < -0.39 is 0 Å². The monoisotopic (exact) mass is 163 g/mol. The van der Waals surface area contributed by atoms with Gasteiger partial charge in [-0.1, -0.05) is 0 Å². The highest BCUT2D eigenvalue weighted by atomic mass is 16.6. The Morgan fingerprint density at radius 3 is 2.45 bits per heavy atom. The molecular weight excluding hydrogens is 150 g/mol. The van der Waals surface area contributed by atoms with Gasteiger partial charge >= 0.3 is 0 Å². The van der Waals surface area contributed by atoms with Gasteiger partial charge in [-0.05, 0) is 13.8 Å². The van der Waals surface area contributed by atoms with Crippen LogP contribution in [0.2, 0.25) is 0 Å². The zero-order valence-electron chi connectivity index (χ0n) is 6.64. The first kappa shape index (κ1) is 9.96. The Kier molecular flexibility index (Phi) is 4.28. The molecule has 0 radical (unpaired) electrons. The molecule has 0 unspecified atom stereocenters. The minimum Gasteiger partial charge on any atom is -0.569 e. The van der Waals surface area contributed by atoms with Gasteiger partial charge in [0.2, 0.25) is 5.28 Å². The number of nitrogens with zero attached hydrogens (tertiary/aromatic N) is 3. The normalized spacial score (nSPS) is 12.2. The average Bonchev–Trinajstić information content (AvgIpc) is 1.98. The van der Waals surface area contributed by atoms with Crippen LogP contribution in [0.25, 0.3) is 0 Å². The van der Waals surface area contributed by atoms with Crippen molar-refractivity contribution in [3.05, 3.63) is 5.21 Å². The summed E-state index contributed by atoms with van der Waals surface area (Å²) in [6.45, 7) is 3.52. The second-order valence-electron chi connectivity index (χ2n) is 2.32. The number of hydrogen-bond donors (Lipinski definition) is 2. The summed E-state index contributed by atoms with van der Waals surface area (Å²) >= 11 is 0. The van der Waals surface area contributed by atoms with E-state index in [2.05, 4.69) is 5.28 Å². The molecule has 0 saturated heterocycles. The maximum Gasteiger partial charge on any atom is 0.230 e. The summed E-state index contributed by atoms with van der Waals surface area (Å²) in [6, 6.07) is -0.101. The van der Waals surface area contributed by atoms with Crippen molar-refractivity contribution < 1.29 is 15.3 Å². The standard InChI is InChI=1S/C5H13N3O3/c1-5(2)7(3-4-9)8(11)6-10/h5,9-10H,3-4H2,1-2H3/b8-6+. The van der Waals surface area contributed by atoms with Crippen molar-refractivity contribution in [2.45, 2.75) is 19.9 Å². The lowest BCUT2D eigenvalue weighted by Crippen LogP contribution is -2.38. The molecule has 0 rings (SSSR count). The Labute approximate surface area is 64.9 Å². The fourth-order valence-electron chi connectivity index (χ4n) is 0.695. The molecule has 0 aromatic carbocycles. The molecule has 66 valence electrons. The first-order chi connectivity index (χ1) is 5.13. The van der Waals surface area contributed by atoms with E-state index in [1.165, 1.54) is 5.01 Å². The second kappa shape index (κ2) is 4.73. The summed E-state index contributed by atoms with van der Waals surface area (Å²) in [5.41, 5.74) is 0.